The Bertz CT molecular complexity index is 1290. The van der Waals surface area contributed by atoms with E-state index in [1.54, 1.807) is 20.3 Å². The molecule has 0 aromatic heterocycles. The molecule has 39 heavy (non-hydrogen) atoms. The van der Waals surface area contributed by atoms with Gasteiger partial charge in [0.25, 0.3) is 0 Å². The number of hydrogen-bond donors (Lipinski definition) is 0. The van der Waals surface area contributed by atoms with Crippen molar-refractivity contribution in [2.75, 3.05) is 14.2 Å². The molecule has 7 heteroatoms. The summed E-state index contributed by atoms with van der Waals surface area (Å²) in [7, 11) is 3.28. The standard InChI is InChI=1S/C32H35Cl2NO4/c1-37-26-15-21(16-27(18-26)38-2)20-39-25-9-5-7-22(17-25)28-10-3-4-11-29(28)32(36)35(24-13-14-24)19-23-8-6-12-30(33)31(23)34/h5-9,12,15-18,24,28-29H,3-4,10-11,13-14,19-20H2,1-2H3/t28-,29+/m1/s1. The number of halogens is 2. The fourth-order valence-electron chi connectivity index (χ4n) is 5.62. The first-order valence-electron chi connectivity index (χ1n) is 13.6. The van der Waals surface area contributed by atoms with Gasteiger partial charge < -0.3 is 19.1 Å². The number of benzene rings is 3. The first kappa shape index (κ1) is 27.7. The van der Waals surface area contributed by atoms with Crippen LogP contribution in [0, 0.1) is 5.92 Å². The van der Waals surface area contributed by atoms with Crippen molar-refractivity contribution in [3.8, 4) is 17.2 Å². The normalized spacial score (nSPS) is 18.9. The number of carbonyl (C=O) groups excluding carboxylic acids is 1. The van der Waals surface area contributed by atoms with Crippen molar-refractivity contribution in [1.29, 1.82) is 0 Å². The van der Waals surface area contributed by atoms with E-state index in [0.29, 0.717) is 23.2 Å². The van der Waals surface area contributed by atoms with Crippen LogP contribution in [-0.2, 0) is 17.9 Å². The molecule has 0 saturated heterocycles. The lowest BCUT2D eigenvalue weighted by atomic mass is 9.74. The SMILES string of the molecule is COc1cc(COc2cccc([C@H]3CCCC[C@@H]3C(=O)N(Cc3cccc(Cl)c3Cl)C3CC3)c2)cc(OC)c1. The number of ether oxygens (including phenoxy) is 3. The lowest BCUT2D eigenvalue weighted by Gasteiger charge is -2.35. The zero-order valence-corrected chi connectivity index (χ0v) is 24.0. The summed E-state index contributed by atoms with van der Waals surface area (Å²) in [5.74, 6) is 2.57. The third-order valence-electron chi connectivity index (χ3n) is 7.83. The molecule has 5 rings (SSSR count). The molecule has 3 aromatic rings. The maximum atomic E-state index is 14.1. The molecular formula is C32H35Cl2NO4. The molecule has 1 amide bonds. The van der Waals surface area contributed by atoms with Gasteiger partial charge in [0.05, 0.1) is 24.3 Å². The van der Waals surface area contributed by atoms with E-state index in [2.05, 4.69) is 17.0 Å². The van der Waals surface area contributed by atoms with E-state index >= 15 is 0 Å². The number of rotatable bonds is 10. The van der Waals surface area contributed by atoms with Gasteiger partial charge in [-0.1, -0.05) is 60.3 Å². The molecule has 0 spiro atoms. The summed E-state index contributed by atoms with van der Waals surface area (Å²) in [4.78, 5) is 16.1. The zero-order chi connectivity index (χ0) is 27.4. The van der Waals surface area contributed by atoms with Crippen LogP contribution < -0.4 is 14.2 Å². The Labute approximate surface area is 241 Å². The van der Waals surface area contributed by atoms with Crippen LogP contribution in [-0.4, -0.2) is 31.1 Å². The van der Waals surface area contributed by atoms with Gasteiger partial charge in [-0.25, -0.2) is 0 Å². The Morgan fingerprint density at radius 2 is 1.59 bits per heavy atom. The molecule has 206 valence electrons. The van der Waals surface area contributed by atoms with Crippen molar-refractivity contribution in [2.24, 2.45) is 5.92 Å². The number of amides is 1. The van der Waals surface area contributed by atoms with Crippen LogP contribution in [0.15, 0.2) is 60.7 Å². The summed E-state index contributed by atoms with van der Waals surface area (Å²) in [6.07, 6.45) is 6.15. The van der Waals surface area contributed by atoms with E-state index in [9.17, 15) is 4.79 Å². The lowest BCUT2D eigenvalue weighted by Crippen LogP contribution is -2.40. The minimum Gasteiger partial charge on any atom is -0.497 e. The molecule has 0 bridgehead atoms. The zero-order valence-electron chi connectivity index (χ0n) is 22.5. The van der Waals surface area contributed by atoms with Crippen LogP contribution >= 0.6 is 23.2 Å². The van der Waals surface area contributed by atoms with Gasteiger partial charge in [-0.3, -0.25) is 4.79 Å². The van der Waals surface area contributed by atoms with Crippen LogP contribution in [0.4, 0.5) is 0 Å². The van der Waals surface area contributed by atoms with Crippen LogP contribution in [0.1, 0.15) is 61.1 Å². The quantitative estimate of drug-likeness (QED) is 0.248. The minimum absolute atomic E-state index is 0.0600. The number of hydrogen-bond acceptors (Lipinski definition) is 4. The highest BCUT2D eigenvalue weighted by molar-refractivity contribution is 6.42. The Hall–Kier alpha value is -2.89. The van der Waals surface area contributed by atoms with E-state index in [-0.39, 0.29) is 23.8 Å². The molecule has 2 aliphatic carbocycles. The average molecular weight is 569 g/mol. The van der Waals surface area contributed by atoms with Gasteiger partial charge in [0.1, 0.15) is 23.9 Å². The van der Waals surface area contributed by atoms with Gasteiger partial charge in [0.2, 0.25) is 5.91 Å². The molecule has 0 N–H and O–H groups in total. The second-order valence-corrected chi connectivity index (χ2v) is 11.3. The Balaban J connectivity index is 1.33. The Morgan fingerprint density at radius 1 is 0.872 bits per heavy atom. The molecule has 2 fully saturated rings. The van der Waals surface area contributed by atoms with Crippen LogP contribution in [0.3, 0.4) is 0 Å². The van der Waals surface area contributed by atoms with Crippen molar-refractivity contribution < 1.29 is 19.0 Å². The molecule has 0 heterocycles. The predicted octanol–water partition coefficient (Wildman–Crippen LogP) is 8.05. The van der Waals surface area contributed by atoms with Gasteiger partial charge in [-0.15, -0.1) is 0 Å². The molecule has 2 aliphatic rings. The van der Waals surface area contributed by atoms with Crippen molar-refractivity contribution in [2.45, 2.75) is 63.6 Å². The maximum Gasteiger partial charge on any atom is 0.226 e. The molecule has 0 aliphatic heterocycles. The third-order valence-corrected chi connectivity index (χ3v) is 8.69. The van der Waals surface area contributed by atoms with Gasteiger partial charge >= 0.3 is 0 Å². The van der Waals surface area contributed by atoms with Crippen molar-refractivity contribution >= 4 is 29.1 Å². The van der Waals surface area contributed by atoms with Crippen LogP contribution in [0.5, 0.6) is 17.2 Å². The molecule has 2 atom stereocenters. The van der Waals surface area contributed by atoms with E-state index in [1.165, 1.54) is 0 Å². The van der Waals surface area contributed by atoms with Crippen molar-refractivity contribution in [3.63, 3.8) is 0 Å². The molecule has 0 radical (unpaired) electrons. The third kappa shape index (κ3) is 6.64. The summed E-state index contributed by atoms with van der Waals surface area (Å²) >= 11 is 12.8. The second-order valence-electron chi connectivity index (χ2n) is 10.5. The lowest BCUT2D eigenvalue weighted by molar-refractivity contribution is -0.138. The minimum atomic E-state index is -0.0600. The predicted molar refractivity (Wildman–Crippen MR) is 155 cm³/mol. The monoisotopic (exact) mass is 567 g/mol. The highest BCUT2D eigenvalue weighted by Crippen LogP contribution is 2.42. The number of carbonyl (C=O) groups is 1. The highest BCUT2D eigenvalue weighted by atomic mass is 35.5. The van der Waals surface area contributed by atoms with E-state index in [0.717, 1.165) is 72.5 Å². The smallest absolute Gasteiger partial charge is 0.226 e. The molecule has 0 unspecified atom stereocenters. The summed E-state index contributed by atoms with van der Waals surface area (Å²) < 4.78 is 17.0. The Kier molecular flexibility index (Phi) is 8.89. The summed E-state index contributed by atoms with van der Waals surface area (Å²) in [5, 5.41) is 1.06. The topological polar surface area (TPSA) is 48.0 Å². The summed E-state index contributed by atoms with van der Waals surface area (Å²) in [6, 6.07) is 19.9. The van der Waals surface area contributed by atoms with E-state index in [1.807, 2.05) is 42.5 Å². The maximum absolute atomic E-state index is 14.1. The van der Waals surface area contributed by atoms with Crippen LogP contribution in [0.2, 0.25) is 10.0 Å². The molecule has 5 nitrogen and oxygen atoms in total. The van der Waals surface area contributed by atoms with Gasteiger partial charge in [0.15, 0.2) is 0 Å². The van der Waals surface area contributed by atoms with Crippen molar-refractivity contribution in [1.82, 2.24) is 4.90 Å². The molecular weight excluding hydrogens is 533 g/mol. The fraction of sp³-hybridized carbons (Fsp3) is 0.406. The van der Waals surface area contributed by atoms with Crippen molar-refractivity contribution in [3.05, 3.63) is 87.4 Å². The molecule has 3 aromatic carbocycles. The highest BCUT2D eigenvalue weighted by Gasteiger charge is 2.40. The van der Waals surface area contributed by atoms with Crippen LogP contribution in [0.25, 0.3) is 0 Å². The first-order valence-corrected chi connectivity index (χ1v) is 14.4. The second kappa shape index (κ2) is 12.5. The fourth-order valence-corrected chi connectivity index (χ4v) is 6.00. The summed E-state index contributed by atoms with van der Waals surface area (Å²) in [6.45, 7) is 0.888. The largest absolute Gasteiger partial charge is 0.497 e. The van der Waals surface area contributed by atoms with Gasteiger partial charge in [-0.2, -0.15) is 0 Å². The number of nitrogens with zero attached hydrogens (tertiary/aromatic N) is 1. The summed E-state index contributed by atoms with van der Waals surface area (Å²) in [5.41, 5.74) is 3.02. The van der Waals surface area contributed by atoms with Gasteiger partial charge in [-0.05, 0) is 78.6 Å². The average Bonchev–Trinajstić information content (AvgIpc) is 3.82. The van der Waals surface area contributed by atoms with E-state index < -0.39 is 0 Å². The first-order chi connectivity index (χ1) is 19.0. The van der Waals surface area contributed by atoms with E-state index in [4.69, 9.17) is 37.4 Å². The number of methoxy groups -OCH3 is 2. The van der Waals surface area contributed by atoms with Gasteiger partial charge in [0, 0.05) is 24.6 Å². The Morgan fingerprint density at radius 3 is 2.31 bits per heavy atom. The molecule has 2 saturated carbocycles.